The average Bonchev–Trinajstić information content (AvgIpc) is 2.21. The quantitative estimate of drug-likeness (QED) is 0.764. The molecule has 0 spiro atoms. The Balaban J connectivity index is 2.16. The van der Waals surface area contributed by atoms with Crippen LogP contribution in [0, 0.1) is 0 Å². The summed E-state index contributed by atoms with van der Waals surface area (Å²) in [5.74, 6) is 0.294. The number of rotatable bonds is 5. The summed E-state index contributed by atoms with van der Waals surface area (Å²) in [5, 5.41) is 9.27. The van der Waals surface area contributed by atoms with E-state index >= 15 is 0 Å². The molecule has 1 fully saturated rings. The Hall–Kier alpha value is -0.130. The predicted octanol–water partition coefficient (Wildman–Crippen LogP) is 0.741. The summed E-state index contributed by atoms with van der Waals surface area (Å²) in [6.07, 6.45) is 3.17. The van der Waals surface area contributed by atoms with Gasteiger partial charge in [-0.15, -0.1) is 0 Å². The number of ether oxygens (including phenoxy) is 1. The molecule has 90 valence electrons. The molecule has 0 aromatic carbocycles. The van der Waals surface area contributed by atoms with E-state index in [2.05, 4.69) is 0 Å². The summed E-state index contributed by atoms with van der Waals surface area (Å²) < 4.78 is 27.8. The molecule has 0 aromatic rings. The largest absolute Gasteiger partial charge is 0.393 e. The smallest absolute Gasteiger partial charge is 0.152 e. The summed E-state index contributed by atoms with van der Waals surface area (Å²) in [6.45, 7) is 1.93. The molecule has 1 aliphatic rings. The predicted molar refractivity (Wildman–Crippen MR) is 58.5 cm³/mol. The maximum absolute atomic E-state index is 11.2. The fourth-order valence-electron chi connectivity index (χ4n) is 1.70. The van der Waals surface area contributed by atoms with Gasteiger partial charge in [0.25, 0.3) is 0 Å². The van der Waals surface area contributed by atoms with Crippen LogP contribution >= 0.6 is 0 Å². The normalized spacial score (nSPS) is 27.9. The lowest BCUT2D eigenvalue weighted by Gasteiger charge is -2.25. The second kappa shape index (κ2) is 5.82. The molecule has 1 saturated carbocycles. The highest BCUT2D eigenvalue weighted by Gasteiger charge is 2.20. The van der Waals surface area contributed by atoms with E-state index in [0.717, 1.165) is 25.7 Å². The Morgan fingerprint density at radius 3 is 2.40 bits per heavy atom. The zero-order valence-corrected chi connectivity index (χ0v) is 10.0. The Morgan fingerprint density at radius 2 is 1.87 bits per heavy atom. The van der Waals surface area contributed by atoms with Crippen LogP contribution in [0.5, 0.6) is 0 Å². The van der Waals surface area contributed by atoms with Gasteiger partial charge in [-0.1, -0.05) is 6.92 Å². The third-order valence-corrected chi connectivity index (χ3v) is 4.50. The molecule has 1 rings (SSSR count). The van der Waals surface area contributed by atoms with Crippen molar-refractivity contribution in [3.05, 3.63) is 0 Å². The SMILES string of the molecule is CCS(=O)(=O)CCOC1CCC(O)CC1. The van der Waals surface area contributed by atoms with E-state index in [1.54, 1.807) is 6.92 Å². The van der Waals surface area contributed by atoms with Crippen molar-refractivity contribution < 1.29 is 18.3 Å². The zero-order valence-electron chi connectivity index (χ0n) is 9.18. The van der Waals surface area contributed by atoms with Gasteiger partial charge in [0.15, 0.2) is 9.84 Å². The van der Waals surface area contributed by atoms with Gasteiger partial charge in [0.05, 0.1) is 24.6 Å². The Bertz CT molecular complexity index is 265. The molecule has 1 aliphatic carbocycles. The van der Waals surface area contributed by atoms with E-state index < -0.39 is 9.84 Å². The average molecular weight is 236 g/mol. The number of aliphatic hydroxyl groups is 1. The maximum Gasteiger partial charge on any atom is 0.152 e. The topological polar surface area (TPSA) is 63.6 Å². The molecule has 0 amide bonds. The fraction of sp³-hybridized carbons (Fsp3) is 1.00. The number of hydrogen-bond acceptors (Lipinski definition) is 4. The van der Waals surface area contributed by atoms with Gasteiger partial charge in [-0.05, 0) is 25.7 Å². The third kappa shape index (κ3) is 4.95. The minimum absolute atomic E-state index is 0.114. The first-order valence-electron chi connectivity index (χ1n) is 5.53. The third-order valence-electron chi connectivity index (χ3n) is 2.83. The second-order valence-corrected chi connectivity index (χ2v) is 6.51. The van der Waals surface area contributed by atoms with E-state index in [0.29, 0.717) is 0 Å². The van der Waals surface area contributed by atoms with Crippen LogP contribution in [0.25, 0.3) is 0 Å². The molecule has 4 nitrogen and oxygen atoms in total. The first-order chi connectivity index (χ1) is 7.03. The molecule has 0 saturated heterocycles. The summed E-state index contributed by atoms with van der Waals surface area (Å²) in [4.78, 5) is 0. The van der Waals surface area contributed by atoms with Crippen molar-refractivity contribution in [2.45, 2.75) is 44.8 Å². The van der Waals surface area contributed by atoms with Gasteiger partial charge in [-0.25, -0.2) is 8.42 Å². The van der Waals surface area contributed by atoms with Crippen LogP contribution in [0.1, 0.15) is 32.6 Å². The lowest BCUT2D eigenvalue weighted by Crippen LogP contribution is -2.26. The summed E-state index contributed by atoms with van der Waals surface area (Å²) in [7, 11) is -2.91. The number of aliphatic hydroxyl groups excluding tert-OH is 1. The minimum Gasteiger partial charge on any atom is -0.393 e. The molecule has 0 aliphatic heterocycles. The maximum atomic E-state index is 11.2. The van der Waals surface area contributed by atoms with Gasteiger partial charge in [0.1, 0.15) is 0 Å². The second-order valence-electron chi connectivity index (χ2n) is 4.04. The van der Waals surface area contributed by atoms with E-state index in [9.17, 15) is 13.5 Å². The van der Waals surface area contributed by atoms with Crippen LogP contribution in [0.15, 0.2) is 0 Å². The van der Waals surface area contributed by atoms with E-state index in [1.807, 2.05) is 0 Å². The molecule has 1 N–H and O–H groups in total. The molecule has 15 heavy (non-hydrogen) atoms. The van der Waals surface area contributed by atoms with Crippen molar-refractivity contribution in [1.82, 2.24) is 0 Å². The van der Waals surface area contributed by atoms with Crippen molar-refractivity contribution in [3.8, 4) is 0 Å². The number of sulfone groups is 1. The molecule has 5 heteroatoms. The van der Waals surface area contributed by atoms with Gasteiger partial charge < -0.3 is 9.84 Å². The fourth-order valence-corrected chi connectivity index (χ4v) is 2.34. The molecule has 0 heterocycles. The van der Waals surface area contributed by atoms with E-state index in [4.69, 9.17) is 4.74 Å². The highest BCUT2D eigenvalue weighted by Crippen LogP contribution is 2.20. The molecule has 0 aromatic heterocycles. The van der Waals surface area contributed by atoms with Crippen molar-refractivity contribution in [1.29, 1.82) is 0 Å². The van der Waals surface area contributed by atoms with Crippen molar-refractivity contribution in [2.24, 2.45) is 0 Å². The van der Waals surface area contributed by atoms with Gasteiger partial charge in [-0.2, -0.15) is 0 Å². The summed E-state index contributed by atoms with van der Waals surface area (Å²) in [6, 6.07) is 0. The van der Waals surface area contributed by atoms with Crippen LogP contribution < -0.4 is 0 Å². The molecular formula is C10H20O4S. The molecule has 0 bridgehead atoms. The number of hydrogen-bond donors (Lipinski definition) is 1. The van der Waals surface area contributed by atoms with Gasteiger partial charge in [-0.3, -0.25) is 0 Å². The van der Waals surface area contributed by atoms with Gasteiger partial charge in [0, 0.05) is 5.75 Å². The molecular weight excluding hydrogens is 216 g/mol. The van der Waals surface area contributed by atoms with Crippen LogP contribution in [0.3, 0.4) is 0 Å². The van der Waals surface area contributed by atoms with Crippen molar-refractivity contribution in [3.63, 3.8) is 0 Å². The minimum atomic E-state index is -2.91. The van der Waals surface area contributed by atoms with Gasteiger partial charge >= 0.3 is 0 Å². The lowest BCUT2D eigenvalue weighted by atomic mass is 9.95. The zero-order chi connectivity index (χ0) is 11.3. The Morgan fingerprint density at radius 1 is 1.27 bits per heavy atom. The van der Waals surface area contributed by atoms with E-state index in [-0.39, 0.29) is 30.3 Å². The Kier molecular flexibility index (Phi) is 5.02. The highest BCUT2D eigenvalue weighted by molar-refractivity contribution is 7.91. The summed E-state index contributed by atoms with van der Waals surface area (Å²) in [5.41, 5.74) is 0. The molecule has 0 atom stereocenters. The van der Waals surface area contributed by atoms with Crippen LogP contribution in [-0.4, -0.2) is 43.8 Å². The molecule has 0 unspecified atom stereocenters. The van der Waals surface area contributed by atoms with Crippen molar-refractivity contribution >= 4 is 9.84 Å². The van der Waals surface area contributed by atoms with E-state index in [1.165, 1.54) is 0 Å². The lowest BCUT2D eigenvalue weighted by molar-refractivity contribution is 0.00332. The monoisotopic (exact) mass is 236 g/mol. The highest BCUT2D eigenvalue weighted by atomic mass is 32.2. The van der Waals surface area contributed by atoms with Crippen LogP contribution in [-0.2, 0) is 14.6 Å². The van der Waals surface area contributed by atoms with Crippen LogP contribution in [0.2, 0.25) is 0 Å². The first kappa shape index (κ1) is 12.9. The first-order valence-corrected chi connectivity index (χ1v) is 7.35. The van der Waals surface area contributed by atoms with Gasteiger partial charge in [0.2, 0.25) is 0 Å². The van der Waals surface area contributed by atoms with Crippen LogP contribution in [0.4, 0.5) is 0 Å². The Labute approximate surface area is 91.6 Å². The molecule has 0 radical (unpaired) electrons. The summed E-state index contributed by atoms with van der Waals surface area (Å²) >= 11 is 0. The standard InChI is InChI=1S/C10H20O4S/c1-2-15(12,13)8-7-14-10-5-3-9(11)4-6-10/h9-11H,2-8H2,1H3. The van der Waals surface area contributed by atoms with Crippen molar-refractivity contribution in [2.75, 3.05) is 18.1 Å².